The summed E-state index contributed by atoms with van der Waals surface area (Å²) in [5.74, 6) is -3.09. The molecular formula is C15H18F3NOS. The first kappa shape index (κ1) is 16.2. The Morgan fingerprint density at radius 2 is 1.95 bits per heavy atom. The molecule has 1 atom stereocenters. The fraction of sp³-hybridized carbons (Fsp3) is 0.533. The molecule has 0 spiro atoms. The molecule has 6 heteroatoms. The molecule has 0 radical (unpaired) electrons. The normalized spacial score (nSPS) is 19.4. The second-order valence-corrected chi connectivity index (χ2v) is 6.79. The lowest BCUT2D eigenvalue weighted by Gasteiger charge is -2.35. The Morgan fingerprint density at radius 3 is 2.52 bits per heavy atom. The van der Waals surface area contributed by atoms with Crippen LogP contribution < -0.4 is 4.90 Å². The topological polar surface area (TPSA) is 20.3 Å². The molecular weight excluding hydrogens is 299 g/mol. The highest BCUT2D eigenvalue weighted by Gasteiger charge is 2.35. The van der Waals surface area contributed by atoms with Gasteiger partial charge in [0.15, 0.2) is 5.12 Å². The minimum absolute atomic E-state index is 0.0529. The number of rotatable bonds is 3. The van der Waals surface area contributed by atoms with E-state index in [2.05, 4.69) is 0 Å². The molecule has 1 fully saturated rings. The van der Waals surface area contributed by atoms with Gasteiger partial charge in [-0.3, -0.25) is 4.79 Å². The minimum atomic E-state index is -2.67. The third kappa shape index (κ3) is 3.93. The molecule has 1 saturated heterocycles. The van der Waals surface area contributed by atoms with Crippen molar-refractivity contribution in [2.45, 2.75) is 37.9 Å². The summed E-state index contributed by atoms with van der Waals surface area (Å²) in [5, 5.41) is -0.265. The van der Waals surface area contributed by atoms with E-state index in [0.29, 0.717) is 11.3 Å². The Kier molecular flexibility index (Phi) is 4.86. The second-order valence-electron chi connectivity index (χ2n) is 5.27. The van der Waals surface area contributed by atoms with Gasteiger partial charge in [-0.05, 0) is 18.6 Å². The third-order valence-electron chi connectivity index (χ3n) is 3.61. The Labute approximate surface area is 126 Å². The smallest absolute Gasteiger partial charge is 0.251 e. The fourth-order valence-electron chi connectivity index (χ4n) is 2.56. The van der Waals surface area contributed by atoms with Gasteiger partial charge >= 0.3 is 0 Å². The molecule has 1 aliphatic rings. The summed E-state index contributed by atoms with van der Waals surface area (Å²) in [6, 6.07) is 4.67. The lowest BCUT2D eigenvalue weighted by Crippen LogP contribution is -2.40. The highest BCUT2D eigenvalue weighted by Crippen LogP contribution is 2.39. The summed E-state index contributed by atoms with van der Waals surface area (Å²) in [7, 11) is 0. The fourth-order valence-corrected chi connectivity index (χ4v) is 3.38. The van der Waals surface area contributed by atoms with E-state index < -0.39 is 11.7 Å². The average Bonchev–Trinajstić information content (AvgIpc) is 2.38. The van der Waals surface area contributed by atoms with E-state index >= 15 is 0 Å². The van der Waals surface area contributed by atoms with Crippen LogP contribution in [-0.4, -0.2) is 24.1 Å². The number of carbonyl (C=O) groups excluding carboxylic acids is 1. The molecule has 21 heavy (non-hydrogen) atoms. The van der Waals surface area contributed by atoms with Crippen LogP contribution in [0.2, 0.25) is 0 Å². The first-order valence-electron chi connectivity index (χ1n) is 6.88. The molecule has 1 heterocycles. The zero-order valence-corrected chi connectivity index (χ0v) is 12.9. The lowest BCUT2D eigenvalue weighted by molar-refractivity contribution is -0.109. The minimum Gasteiger partial charge on any atom is -0.368 e. The Balaban J connectivity index is 2.28. The molecule has 0 saturated carbocycles. The maximum atomic E-state index is 14.2. The molecule has 0 aromatic heterocycles. The summed E-state index contributed by atoms with van der Waals surface area (Å²) < 4.78 is 40.7. The van der Waals surface area contributed by atoms with Gasteiger partial charge in [0.25, 0.3) is 5.92 Å². The van der Waals surface area contributed by atoms with Crippen molar-refractivity contribution in [2.24, 2.45) is 0 Å². The predicted octanol–water partition coefficient (Wildman–Crippen LogP) is 4.40. The Morgan fingerprint density at radius 1 is 1.33 bits per heavy atom. The van der Waals surface area contributed by atoms with Gasteiger partial charge in [-0.2, -0.15) is 0 Å². The van der Waals surface area contributed by atoms with Crippen molar-refractivity contribution < 1.29 is 18.0 Å². The molecule has 0 aliphatic carbocycles. The van der Waals surface area contributed by atoms with Crippen molar-refractivity contribution in [3.63, 3.8) is 0 Å². The number of piperidine rings is 1. The number of halogens is 3. The number of hydrogen-bond acceptors (Lipinski definition) is 3. The summed E-state index contributed by atoms with van der Waals surface area (Å²) >= 11 is 1.11. The van der Waals surface area contributed by atoms with Crippen LogP contribution in [-0.2, 0) is 4.79 Å². The van der Waals surface area contributed by atoms with Crippen molar-refractivity contribution in [1.82, 2.24) is 0 Å². The molecule has 0 amide bonds. The third-order valence-corrected chi connectivity index (χ3v) is 4.55. The molecule has 2 rings (SSSR count). The van der Waals surface area contributed by atoms with Crippen molar-refractivity contribution >= 4 is 22.6 Å². The number of alkyl halides is 2. The van der Waals surface area contributed by atoms with E-state index in [9.17, 15) is 18.0 Å². The van der Waals surface area contributed by atoms with Crippen molar-refractivity contribution in [3.05, 3.63) is 29.6 Å². The second kappa shape index (κ2) is 6.30. The SMILES string of the molecule is CC(=O)SC(C)c1cccc(F)c1N1CCC(F)(F)CC1. The average molecular weight is 317 g/mol. The number of para-hydroxylation sites is 1. The highest BCUT2D eigenvalue weighted by molar-refractivity contribution is 8.13. The van der Waals surface area contributed by atoms with Crippen LogP contribution in [0.5, 0.6) is 0 Å². The maximum Gasteiger partial charge on any atom is 0.251 e. The van der Waals surface area contributed by atoms with E-state index in [-0.39, 0.29) is 36.3 Å². The molecule has 0 bridgehead atoms. The van der Waals surface area contributed by atoms with Crippen LogP contribution in [0.3, 0.4) is 0 Å². The molecule has 1 aliphatic heterocycles. The molecule has 116 valence electrons. The molecule has 1 unspecified atom stereocenters. The monoisotopic (exact) mass is 317 g/mol. The Hall–Kier alpha value is -1.17. The maximum absolute atomic E-state index is 14.2. The number of thioether (sulfide) groups is 1. The first-order valence-corrected chi connectivity index (χ1v) is 7.76. The van der Waals surface area contributed by atoms with Gasteiger partial charge in [0.05, 0.1) is 5.69 Å². The van der Waals surface area contributed by atoms with Gasteiger partial charge in [0, 0.05) is 38.1 Å². The van der Waals surface area contributed by atoms with Gasteiger partial charge < -0.3 is 4.90 Å². The number of benzene rings is 1. The molecule has 1 aromatic carbocycles. The predicted molar refractivity (Wildman–Crippen MR) is 79.5 cm³/mol. The highest BCUT2D eigenvalue weighted by atomic mass is 32.2. The van der Waals surface area contributed by atoms with Crippen LogP contribution in [0.25, 0.3) is 0 Å². The summed E-state index contributed by atoms with van der Waals surface area (Å²) in [6.07, 6.45) is -0.538. The number of hydrogen-bond donors (Lipinski definition) is 0. The van der Waals surface area contributed by atoms with Crippen LogP contribution in [0.15, 0.2) is 18.2 Å². The van der Waals surface area contributed by atoms with E-state index in [1.165, 1.54) is 13.0 Å². The van der Waals surface area contributed by atoms with Gasteiger partial charge in [-0.25, -0.2) is 13.2 Å². The van der Waals surface area contributed by atoms with Crippen LogP contribution in [0, 0.1) is 5.82 Å². The quantitative estimate of drug-likeness (QED) is 0.824. The number of carbonyl (C=O) groups is 1. The molecule has 1 aromatic rings. The van der Waals surface area contributed by atoms with Crippen molar-refractivity contribution in [3.8, 4) is 0 Å². The van der Waals surface area contributed by atoms with Gasteiger partial charge in [-0.1, -0.05) is 23.9 Å². The summed E-state index contributed by atoms with van der Waals surface area (Å²) in [5.41, 5.74) is 1.04. The Bertz CT molecular complexity index is 526. The van der Waals surface area contributed by atoms with E-state index in [1.807, 2.05) is 6.92 Å². The molecule has 0 N–H and O–H groups in total. The van der Waals surface area contributed by atoms with E-state index in [1.54, 1.807) is 17.0 Å². The van der Waals surface area contributed by atoms with Gasteiger partial charge in [0.2, 0.25) is 0 Å². The summed E-state index contributed by atoms with van der Waals surface area (Å²) in [6.45, 7) is 3.53. The van der Waals surface area contributed by atoms with E-state index in [0.717, 1.165) is 11.8 Å². The van der Waals surface area contributed by atoms with Crippen LogP contribution in [0.1, 0.15) is 37.5 Å². The number of anilines is 1. The van der Waals surface area contributed by atoms with Crippen LogP contribution in [0.4, 0.5) is 18.9 Å². The van der Waals surface area contributed by atoms with Gasteiger partial charge in [0.1, 0.15) is 5.82 Å². The zero-order valence-electron chi connectivity index (χ0n) is 12.0. The van der Waals surface area contributed by atoms with E-state index in [4.69, 9.17) is 0 Å². The first-order chi connectivity index (χ1) is 9.80. The van der Waals surface area contributed by atoms with Crippen molar-refractivity contribution in [1.29, 1.82) is 0 Å². The zero-order chi connectivity index (χ0) is 15.6. The lowest BCUT2D eigenvalue weighted by atomic mass is 10.0. The largest absolute Gasteiger partial charge is 0.368 e. The molecule has 2 nitrogen and oxygen atoms in total. The standard InChI is InChI=1S/C15H18F3NOS/c1-10(21-11(2)20)12-4-3-5-13(16)14(12)19-8-6-15(17,18)7-9-19/h3-5,10H,6-9H2,1-2H3. The van der Waals surface area contributed by atoms with Crippen LogP contribution >= 0.6 is 11.8 Å². The number of nitrogens with zero attached hydrogens (tertiary/aromatic N) is 1. The van der Waals surface area contributed by atoms with Crippen molar-refractivity contribution in [2.75, 3.05) is 18.0 Å². The summed E-state index contributed by atoms with van der Waals surface area (Å²) in [4.78, 5) is 12.9. The van der Waals surface area contributed by atoms with Gasteiger partial charge in [-0.15, -0.1) is 0 Å².